The standard InChI is InChI=1S/2C57H67BN2.2C2H6/c2*1-36-31-50-52-51(32-36)60(47-28-23-40(55(8,9)10)33-44(47)37-17-19-38(20-18-37)53(2,3)4)49-30-25-42(57(14,15)16)35-46(49)58(52)45-34-41(56(11,12)13)24-29-48(45)59(50)43-26-21-39(22-27-43)54(5,6)7;2*1-2/h2*17-35H,1-16H3;2*1-2H3. The van der Waals surface area contributed by atoms with Gasteiger partial charge in [0.25, 0.3) is 13.4 Å². The van der Waals surface area contributed by atoms with Crippen molar-refractivity contribution in [1.29, 1.82) is 0 Å². The van der Waals surface area contributed by atoms with Crippen molar-refractivity contribution in [1.82, 2.24) is 0 Å². The highest BCUT2D eigenvalue weighted by atomic mass is 15.2. The fourth-order valence-electron chi connectivity index (χ4n) is 18.6. The van der Waals surface area contributed by atoms with Gasteiger partial charge in [0, 0.05) is 68.0 Å². The van der Waals surface area contributed by atoms with Gasteiger partial charge in [-0.3, -0.25) is 0 Å². The predicted octanol–water partition coefficient (Wildman–Crippen LogP) is 30.5. The van der Waals surface area contributed by atoms with Crippen LogP contribution in [0.2, 0.25) is 0 Å². The van der Waals surface area contributed by atoms with E-state index in [1.165, 1.54) is 190 Å². The molecule has 644 valence electrons. The summed E-state index contributed by atoms with van der Waals surface area (Å²) in [7, 11) is 0. The van der Waals surface area contributed by atoms with E-state index in [0.717, 1.165) is 0 Å². The molecule has 4 nitrogen and oxygen atoms in total. The highest BCUT2D eigenvalue weighted by molar-refractivity contribution is 7.01. The summed E-state index contributed by atoms with van der Waals surface area (Å²) in [5.74, 6) is 0. The topological polar surface area (TPSA) is 13.0 Å². The molecule has 124 heavy (non-hydrogen) atoms. The fraction of sp³-hybridized carbons (Fsp3) is 0.390. The minimum Gasteiger partial charge on any atom is -0.311 e. The highest BCUT2D eigenvalue weighted by Gasteiger charge is 2.48. The van der Waals surface area contributed by atoms with Gasteiger partial charge in [-0.2, -0.15) is 0 Å². The molecule has 12 aromatic rings. The summed E-state index contributed by atoms with van der Waals surface area (Å²) in [5, 5.41) is 0. The third kappa shape index (κ3) is 17.6. The molecule has 16 rings (SSSR count). The first-order chi connectivity index (χ1) is 57.6. The molecule has 0 aliphatic carbocycles. The number of fused-ring (bicyclic) bond motifs is 8. The van der Waals surface area contributed by atoms with Crippen LogP contribution in [-0.4, -0.2) is 13.4 Å². The normalized spacial score (nSPS) is 13.9. The number of anilines is 12. The van der Waals surface area contributed by atoms with Gasteiger partial charge < -0.3 is 19.6 Å². The van der Waals surface area contributed by atoms with Crippen molar-refractivity contribution in [3.8, 4) is 22.3 Å². The Labute approximate surface area is 752 Å². The van der Waals surface area contributed by atoms with E-state index >= 15 is 0 Å². The van der Waals surface area contributed by atoms with Crippen molar-refractivity contribution in [2.75, 3.05) is 19.6 Å². The van der Waals surface area contributed by atoms with Gasteiger partial charge in [-0.25, -0.2) is 0 Å². The number of rotatable bonds is 6. The number of hydrogen-bond acceptors (Lipinski definition) is 4. The second-order valence-corrected chi connectivity index (χ2v) is 45.9. The predicted molar refractivity (Wildman–Crippen MR) is 551 cm³/mol. The summed E-state index contributed by atoms with van der Waals surface area (Å²) >= 11 is 0. The molecule has 4 heterocycles. The minimum absolute atomic E-state index is 0.00632. The van der Waals surface area contributed by atoms with Crippen LogP contribution >= 0.6 is 0 Å². The Bertz CT molecular complexity index is 5590. The first kappa shape index (κ1) is 91.7. The monoisotopic (exact) mass is 1640 g/mol. The molecule has 0 radical (unpaired) electrons. The average Bonchev–Trinajstić information content (AvgIpc) is 0.696. The zero-order valence-corrected chi connectivity index (χ0v) is 82.9. The van der Waals surface area contributed by atoms with Crippen molar-refractivity contribution in [3.05, 3.63) is 297 Å². The maximum Gasteiger partial charge on any atom is 0.252 e. The van der Waals surface area contributed by atoms with Gasteiger partial charge in [-0.15, -0.1) is 0 Å². The Morgan fingerprint density at radius 3 is 0.573 bits per heavy atom. The summed E-state index contributed by atoms with van der Waals surface area (Å²) in [6.07, 6.45) is 0. The molecule has 4 aliphatic rings. The van der Waals surface area contributed by atoms with Crippen molar-refractivity contribution < 1.29 is 0 Å². The SMILES string of the molecule is CC.CC.Cc1cc2c3c(c1)N(c1ccc(C(C)(C)C)cc1-c1ccc(C(C)(C)C)cc1)c1ccc(C(C)(C)C)cc1B3c1cc(C(C)(C)C)ccc1N2c1ccc(C(C)(C)C)cc1.Cc1cc2c3c(c1)N(c1ccc(C(C)(C)C)cc1-c1ccc(C(C)(C)C)cc1)c1ccc(C(C)(C)C)cc1B3c1cc(C(C)(C)C)ccc1N2c1ccc(C(C)(C)C)cc1. The third-order valence-corrected chi connectivity index (χ3v) is 26.2. The van der Waals surface area contributed by atoms with Crippen molar-refractivity contribution >= 4 is 114 Å². The summed E-state index contributed by atoms with van der Waals surface area (Å²) in [5.41, 5.74) is 44.2. The van der Waals surface area contributed by atoms with E-state index in [4.69, 9.17) is 0 Å². The lowest BCUT2D eigenvalue weighted by atomic mass is 9.33. The maximum atomic E-state index is 2.61. The second-order valence-electron chi connectivity index (χ2n) is 45.9. The fourth-order valence-corrected chi connectivity index (χ4v) is 18.6. The summed E-state index contributed by atoms with van der Waals surface area (Å²) in [6, 6.07) is 91.0. The van der Waals surface area contributed by atoms with Crippen LogP contribution in [0.3, 0.4) is 0 Å². The van der Waals surface area contributed by atoms with Crippen LogP contribution in [0.4, 0.5) is 68.2 Å². The molecule has 0 unspecified atom stereocenters. The van der Waals surface area contributed by atoms with Crippen LogP contribution in [0.25, 0.3) is 22.3 Å². The lowest BCUT2D eigenvalue weighted by Crippen LogP contribution is -2.61. The lowest BCUT2D eigenvalue weighted by Gasteiger charge is -2.45. The van der Waals surface area contributed by atoms with E-state index in [1.807, 2.05) is 27.7 Å². The zero-order chi connectivity index (χ0) is 91.0. The van der Waals surface area contributed by atoms with E-state index in [-0.39, 0.29) is 67.6 Å². The number of nitrogens with zero attached hydrogens (tertiary/aromatic N) is 4. The van der Waals surface area contributed by atoms with E-state index in [1.54, 1.807) is 0 Å². The molecule has 0 spiro atoms. The van der Waals surface area contributed by atoms with E-state index in [2.05, 4.69) is 472 Å². The van der Waals surface area contributed by atoms with E-state index in [0.29, 0.717) is 0 Å². The third-order valence-electron chi connectivity index (χ3n) is 26.2. The van der Waals surface area contributed by atoms with E-state index in [9.17, 15) is 0 Å². The van der Waals surface area contributed by atoms with Crippen LogP contribution in [0.5, 0.6) is 0 Å². The highest BCUT2D eigenvalue weighted by Crippen LogP contribution is 2.53. The van der Waals surface area contributed by atoms with Crippen LogP contribution in [0, 0.1) is 13.8 Å². The lowest BCUT2D eigenvalue weighted by molar-refractivity contribution is 0.589. The summed E-state index contributed by atoms with van der Waals surface area (Å²) < 4.78 is 0. The maximum absolute atomic E-state index is 2.61. The smallest absolute Gasteiger partial charge is 0.252 e. The first-order valence-corrected chi connectivity index (χ1v) is 46.4. The van der Waals surface area contributed by atoms with Gasteiger partial charge in [0.15, 0.2) is 0 Å². The first-order valence-electron chi connectivity index (χ1n) is 46.4. The van der Waals surface area contributed by atoms with Crippen molar-refractivity contribution in [2.24, 2.45) is 0 Å². The van der Waals surface area contributed by atoms with Gasteiger partial charge in [-0.05, 0) is 276 Å². The molecule has 0 atom stereocenters. The van der Waals surface area contributed by atoms with Gasteiger partial charge in [0.2, 0.25) is 0 Å². The molecule has 0 amide bonds. The Hall–Kier alpha value is -10.0. The van der Waals surface area contributed by atoms with Gasteiger partial charge >= 0.3 is 0 Å². The Kier molecular flexibility index (Phi) is 24.2. The van der Waals surface area contributed by atoms with Crippen LogP contribution < -0.4 is 52.4 Å². The zero-order valence-electron chi connectivity index (χ0n) is 82.9. The molecule has 0 fully saturated rings. The molecule has 0 N–H and O–H groups in total. The molecule has 0 bridgehead atoms. The van der Waals surface area contributed by atoms with Crippen molar-refractivity contribution in [2.45, 2.75) is 303 Å². The van der Waals surface area contributed by atoms with Crippen LogP contribution in [0.15, 0.2) is 231 Å². The number of aryl methyl sites for hydroxylation is 2. The number of benzene rings is 12. The molecular formula is C118H146B2N4. The Morgan fingerprint density at radius 1 is 0.177 bits per heavy atom. The molecular weight excluding hydrogens is 1490 g/mol. The number of hydrogen-bond donors (Lipinski definition) is 0. The molecule has 6 heteroatoms. The molecule has 0 saturated carbocycles. The second kappa shape index (κ2) is 32.7. The minimum atomic E-state index is -0.0177. The summed E-state index contributed by atoms with van der Waals surface area (Å²) in [4.78, 5) is 10.3. The largest absolute Gasteiger partial charge is 0.311 e. The van der Waals surface area contributed by atoms with Crippen molar-refractivity contribution in [3.63, 3.8) is 0 Å². The van der Waals surface area contributed by atoms with Gasteiger partial charge in [-0.1, -0.05) is 369 Å². The van der Waals surface area contributed by atoms with E-state index < -0.39 is 0 Å². The molecule has 12 aromatic carbocycles. The summed E-state index contributed by atoms with van der Waals surface area (Å²) in [6.45, 7) is 82.3. The van der Waals surface area contributed by atoms with Crippen LogP contribution in [-0.2, 0) is 54.1 Å². The molecule has 4 aliphatic heterocycles. The molecule has 0 saturated heterocycles. The molecule has 0 aromatic heterocycles. The van der Waals surface area contributed by atoms with Crippen LogP contribution in [0.1, 0.15) is 302 Å². The average molecular weight is 1640 g/mol. The Morgan fingerprint density at radius 2 is 0.355 bits per heavy atom. The van der Waals surface area contributed by atoms with Gasteiger partial charge in [0.1, 0.15) is 0 Å². The van der Waals surface area contributed by atoms with Gasteiger partial charge in [0.05, 0.1) is 11.4 Å². The quantitative estimate of drug-likeness (QED) is 0.154. The Balaban J connectivity index is 0.000000205.